The van der Waals surface area contributed by atoms with Crippen molar-refractivity contribution in [2.45, 2.75) is 39.0 Å². The van der Waals surface area contributed by atoms with Crippen molar-refractivity contribution >= 4 is 17.5 Å². The lowest BCUT2D eigenvalue weighted by Gasteiger charge is -2.26. The highest BCUT2D eigenvalue weighted by atomic mass is 16.5. The summed E-state index contributed by atoms with van der Waals surface area (Å²) in [5.41, 5.74) is 6.34. The number of ether oxygens (including phenoxy) is 1. The van der Waals surface area contributed by atoms with Crippen LogP contribution >= 0.6 is 0 Å². The van der Waals surface area contributed by atoms with E-state index in [1.165, 1.54) is 22.5 Å². The van der Waals surface area contributed by atoms with Crippen LogP contribution in [0.25, 0.3) is 6.08 Å². The van der Waals surface area contributed by atoms with Gasteiger partial charge in [0.1, 0.15) is 23.8 Å². The van der Waals surface area contributed by atoms with E-state index in [1.807, 2.05) is 6.07 Å². The monoisotopic (exact) mass is 398 g/mol. The molecule has 0 fully saturated rings. The maximum atomic E-state index is 9.77. The highest BCUT2D eigenvalue weighted by Gasteiger charge is 2.43. The SMILES string of the molecule is CC[N+]1=C(C=CC2C=C3Oc4cc(O)ccc4C=C3CC2)C(C)(C)c2ccccc21. The van der Waals surface area contributed by atoms with Crippen LogP contribution in [0.1, 0.15) is 44.7 Å². The van der Waals surface area contributed by atoms with Gasteiger partial charge >= 0.3 is 0 Å². The van der Waals surface area contributed by atoms with Crippen molar-refractivity contribution in [2.75, 3.05) is 6.54 Å². The molecule has 3 heteroatoms. The second-order valence-electron chi connectivity index (χ2n) is 8.86. The van der Waals surface area contributed by atoms with Gasteiger partial charge in [-0.3, -0.25) is 0 Å². The van der Waals surface area contributed by atoms with E-state index in [-0.39, 0.29) is 11.2 Å². The molecule has 1 N–H and O–H groups in total. The highest BCUT2D eigenvalue weighted by Crippen LogP contribution is 2.41. The number of phenols is 1. The zero-order valence-electron chi connectivity index (χ0n) is 17.9. The molecule has 2 aromatic rings. The minimum atomic E-state index is -0.00617. The number of fused-ring (bicyclic) bond motifs is 3. The van der Waals surface area contributed by atoms with Crippen molar-refractivity contribution in [2.24, 2.45) is 5.92 Å². The number of benzene rings is 2. The Balaban J connectivity index is 1.44. The van der Waals surface area contributed by atoms with E-state index in [0.29, 0.717) is 5.92 Å². The molecule has 3 nitrogen and oxygen atoms in total. The van der Waals surface area contributed by atoms with E-state index in [0.717, 1.165) is 36.5 Å². The molecule has 2 heterocycles. The van der Waals surface area contributed by atoms with Gasteiger partial charge < -0.3 is 9.84 Å². The number of allylic oxidation sites excluding steroid dienone is 4. The molecule has 1 aliphatic carbocycles. The predicted octanol–water partition coefficient (Wildman–Crippen LogP) is 6.11. The molecular weight excluding hydrogens is 370 g/mol. The molecule has 5 rings (SSSR count). The number of phenolic OH excluding ortho intramolecular Hbond substituents is 1. The maximum absolute atomic E-state index is 9.77. The van der Waals surface area contributed by atoms with E-state index in [4.69, 9.17) is 4.74 Å². The number of rotatable bonds is 3. The first kappa shape index (κ1) is 18.9. The summed E-state index contributed by atoms with van der Waals surface area (Å²) in [6.07, 6.45) is 11.1. The summed E-state index contributed by atoms with van der Waals surface area (Å²) in [6.45, 7) is 7.81. The fraction of sp³-hybridized carbons (Fsp3) is 0.296. The summed E-state index contributed by atoms with van der Waals surface area (Å²) in [6, 6.07) is 14.0. The molecule has 3 aliphatic rings. The van der Waals surface area contributed by atoms with Crippen LogP contribution in [0.4, 0.5) is 5.69 Å². The molecule has 0 spiro atoms. The van der Waals surface area contributed by atoms with Crippen LogP contribution in [0.3, 0.4) is 0 Å². The van der Waals surface area contributed by atoms with Crippen LogP contribution in [0.15, 0.2) is 72.0 Å². The van der Waals surface area contributed by atoms with Crippen LogP contribution in [0, 0.1) is 5.92 Å². The van der Waals surface area contributed by atoms with Crippen LogP contribution in [0.2, 0.25) is 0 Å². The van der Waals surface area contributed by atoms with Gasteiger partial charge in [-0.25, -0.2) is 0 Å². The standard InChI is InChI=1S/C27H27NO2/c1-4-28-23-8-6-5-7-22(23)27(2,3)26(28)14-10-18-9-11-19-16-20-12-13-21(29)17-25(20)30-24(19)15-18/h5-8,10,12-18H,4,9,11H2,1-3H3/p+1. The van der Waals surface area contributed by atoms with Crippen LogP contribution in [-0.2, 0) is 5.41 Å². The number of nitrogens with zero attached hydrogens (tertiary/aromatic N) is 1. The molecule has 0 amide bonds. The lowest BCUT2D eigenvalue weighted by Crippen LogP contribution is -2.27. The zero-order chi connectivity index (χ0) is 20.9. The quantitative estimate of drug-likeness (QED) is 0.632. The van der Waals surface area contributed by atoms with E-state index in [1.54, 1.807) is 12.1 Å². The van der Waals surface area contributed by atoms with E-state index in [9.17, 15) is 5.11 Å². The molecule has 0 radical (unpaired) electrons. The molecule has 0 saturated carbocycles. The average Bonchev–Trinajstić information content (AvgIpc) is 2.96. The first-order valence-electron chi connectivity index (χ1n) is 10.8. The lowest BCUT2D eigenvalue weighted by atomic mass is 9.80. The summed E-state index contributed by atoms with van der Waals surface area (Å²) < 4.78 is 8.57. The summed E-state index contributed by atoms with van der Waals surface area (Å²) in [4.78, 5) is 0. The molecule has 0 bridgehead atoms. The average molecular weight is 399 g/mol. The Hall–Kier alpha value is -3.07. The lowest BCUT2D eigenvalue weighted by molar-refractivity contribution is -0.433. The second kappa shape index (κ2) is 7.02. The number of hydrogen-bond acceptors (Lipinski definition) is 2. The fourth-order valence-electron chi connectivity index (χ4n) is 4.96. The van der Waals surface area contributed by atoms with Crippen molar-refractivity contribution in [1.29, 1.82) is 0 Å². The minimum absolute atomic E-state index is 0.00617. The predicted molar refractivity (Wildman–Crippen MR) is 122 cm³/mol. The second-order valence-corrected chi connectivity index (χ2v) is 8.86. The summed E-state index contributed by atoms with van der Waals surface area (Å²) >= 11 is 0. The van der Waals surface area contributed by atoms with Gasteiger partial charge in [-0.1, -0.05) is 24.3 Å². The van der Waals surface area contributed by atoms with Gasteiger partial charge in [-0.15, -0.1) is 0 Å². The zero-order valence-corrected chi connectivity index (χ0v) is 17.9. The molecule has 1 atom stereocenters. The topological polar surface area (TPSA) is 32.5 Å². The third-order valence-electron chi connectivity index (χ3n) is 6.59. The molecule has 0 aromatic heterocycles. The minimum Gasteiger partial charge on any atom is -0.508 e. The highest BCUT2D eigenvalue weighted by molar-refractivity contribution is 6.03. The molecule has 0 saturated heterocycles. The number of hydrogen-bond donors (Lipinski definition) is 1. The van der Waals surface area contributed by atoms with Crippen molar-refractivity contribution < 1.29 is 14.4 Å². The molecule has 1 unspecified atom stereocenters. The normalized spacial score (nSPS) is 21.5. The van der Waals surface area contributed by atoms with Crippen molar-refractivity contribution in [3.05, 3.63) is 83.2 Å². The Morgan fingerprint density at radius 3 is 2.87 bits per heavy atom. The Kier molecular flexibility index (Phi) is 4.43. The fourth-order valence-corrected chi connectivity index (χ4v) is 4.96. The van der Waals surface area contributed by atoms with Gasteiger partial charge in [0.05, 0.1) is 5.41 Å². The summed E-state index contributed by atoms with van der Waals surface area (Å²) in [5, 5.41) is 9.77. The Morgan fingerprint density at radius 1 is 1.20 bits per heavy atom. The van der Waals surface area contributed by atoms with E-state index in [2.05, 4.69) is 73.9 Å². The van der Waals surface area contributed by atoms with Crippen LogP contribution in [0.5, 0.6) is 11.5 Å². The van der Waals surface area contributed by atoms with E-state index < -0.39 is 0 Å². The van der Waals surface area contributed by atoms with Gasteiger partial charge in [-0.05, 0) is 69.4 Å². The smallest absolute Gasteiger partial charge is 0.209 e. The van der Waals surface area contributed by atoms with E-state index >= 15 is 0 Å². The number of aromatic hydroxyl groups is 1. The number of para-hydroxylation sites is 1. The van der Waals surface area contributed by atoms with Gasteiger partial charge in [0.15, 0.2) is 5.71 Å². The molecule has 30 heavy (non-hydrogen) atoms. The Bertz CT molecular complexity index is 1150. The Morgan fingerprint density at radius 2 is 2.03 bits per heavy atom. The van der Waals surface area contributed by atoms with Crippen molar-refractivity contribution in [3.8, 4) is 11.5 Å². The molecule has 152 valence electrons. The van der Waals surface area contributed by atoms with Gasteiger partial charge in [-0.2, -0.15) is 4.58 Å². The first-order chi connectivity index (χ1) is 14.5. The molecule has 2 aromatic carbocycles. The molecular formula is C27H28NO2+. The van der Waals surface area contributed by atoms with Crippen LogP contribution in [-0.4, -0.2) is 21.9 Å². The van der Waals surface area contributed by atoms with Gasteiger partial charge in [0.2, 0.25) is 5.69 Å². The van der Waals surface area contributed by atoms with Gasteiger partial charge in [0, 0.05) is 29.3 Å². The third-order valence-corrected chi connectivity index (χ3v) is 6.59. The first-order valence-corrected chi connectivity index (χ1v) is 10.8. The maximum Gasteiger partial charge on any atom is 0.209 e. The van der Waals surface area contributed by atoms with Crippen molar-refractivity contribution in [1.82, 2.24) is 0 Å². The summed E-state index contributed by atoms with van der Waals surface area (Å²) in [7, 11) is 0. The van der Waals surface area contributed by atoms with Crippen LogP contribution < -0.4 is 4.74 Å². The van der Waals surface area contributed by atoms with Crippen molar-refractivity contribution in [3.63, 3.8) is 0 Å². The largest absolute Gasteiger partial charge is 0.508 e. The van der Waals surface area contributed by atoms with Gasteiger partial charge in [0.25, 0.3) is 0 Å². The Labute approximate surface area is 178 Å². The molecule has 2 aliphatic heterocycles. The summed E-state index contributed by atoms with van der Waals surface area (Å²) in [5.74, 6) is 2.23. The third kappa shape index (κ3) is 3.00.